The van der Waals surface area contributed by atoms with Crippen LogP contribution in [0.1, 0.15) is 25.7 Å². The van der Waals surface area contributed by atoms with Crippen molar-refractivity contribution in [3.05, 3.63) is 0 Å². The van der Waals surface area contributed by atoms with Crippen molar-refractivity contribution < 1.29 is 44.7 Å². The van der Waals surface area contributed by atoms with E-state index < -0.39 is 56.9 Å². The van der Waals surface area contributed by atoms with Crippen molar-refractivity contribution in [2.45, 2.75) is 56.5 Å². The summed E-state index contributed by atoms with van der Waals surface area (Å²) in [5, 5.41) is 55.0. The van der Waals surface area contributed by atoms with E-state index in [1.165, 1.54) is 0 Å². The van der Waals surface area contributed by atoms with Crippen LogP contribution in [0.4, 0.5) is 0 Å². The molecule has 27 heavy (non-hydrogen) atoms. The summed E-state index contributed by atoms with van der Waals surface area (Å²) in [4.78, 5) is 29.8. The molecule has 0 bridgehead atoms. The second-order valence-electron chi connectivity index (χ2n) is 6.62. The highest BCUT2D eigenvalue weighted by molar-refractivity contribution is 7.51. The zero-order valence-corrected chi connectivity index (χ0v) is 15.7. The predicted octanol–water partition coefficient (Wildman–Crippen LogP) is -3.67. The smallest absolute Gasteiger partial charge is 0.325 e. The SMILES string of the molecule is O=C1NC(O)NC(NC[C@H](O)[C@H](O)[C@H](O)CO)C1CCCCCP(=O)(O)O. The predicted molar refractivity (Wildman–Crippen MR) is 93.1 cm³/mol. The molecule has 0 aromatic rings. The minimum absolute atomic E-state index is 0.218. The van der Waals surface area contributed by atoms with E-state index in [-0.39, 0.29) is 12.7 Å². The van der Waals surface area contributed by atoms with E-state index in [0.29, 0.717) is 25.7 Å². The van der Waals surface area contributed by atoms with E-state index in [4.69, 9.17) is 14.9 Å². The van der Waals surface area contributed by atoms with E-state index in [0.717, 1.165) is 0 Å². The number of aliphatic hydroxyl groups excluding tert-OH is 5. The first-order valence-electron chi connectivity index (χ1n) is 8.72. The minimum Gasteiger partial charge on any atom is -0.394 e. The lowest BCUT2D eigenvalue weighted by Gasteiger charge is -2.36. The Morgan fingerprint density at radius 1 is 1.11 bits per heavy atom. The number of nitrogens with one attached hydrogen (secondary N) is 3. The molecular weight excluding hydrogens is 385 g/mol. The Kier molecular flexibility index (Phi) is 10.3. The van der Waals surface area contributed by atoms with Crippen molar-refractivity contribution in [3.63, 3.8) is 0 Å². The molecule has 1 aliphatic rings. The van der Waals surface area contributed by atoms with Gasteiger partial charge in [0.15, 0.2) is 6.35 Å². The fourth-order valence-corrected chi connectivity index (χ4v) is 3.45. The lowest BCUT2D eigenvalue weighted by atomic mass is 9.95. The Balaban J connectivity index is 2.52. The van der Waals surface area contributed by atoms with E-state index in [1.54, 1.807) is 0 Å². The maximum atomic E-state index is 12.1. The monoisotopic (exact) mass is 415 g/mol. The number of aliphatic hydroxyl groups is 5. The highest BCUT2D eigenvalue weighted by atomic mass is 31.2. The molecule has 0 aromatic carbocycles. The lowest BCUT2D eigenvalue weighted by Crippen LogP contribution is -2.66. The Labute approximate surface area is 156 Å². The van der Waals surface area contributed by atoms with Gasteiger partial charge in [-0.25, -0.2) is 0 Å². The normalized spacial score (nSPS) is 27.1. The molecule has 0 spiro atoms. The maximum Gasteiger partial charge on any atom is 0.325 e. The molecule has 13 heteroatoms. The maximum absolute atomic E-state index is 12.1. The molecule has 160 valence electrons. The van der Waals surface area contributed by atoms with Crippen molar-refractivity contribution in [1.82, 2.24) is 16.0 Å². The van der Waals surface area contributed by atoms with E-state index in [2.05, 4.69) is 16.0 Å². The largest absolute Gasteiger partial charge is 0.394 e. The van der Waals surface area contributed by atoms with Gasteiger partial charge in [0.25, 0.3) is 0 Å². The summed E-state index contributed by atoms with van der Waals surface area (Å²) in [6.07, 6.45) is -5.07. The lowest BCUT2D eigenvalue weighted by molar-refractivity contribution is -0.136. The summed E-state index contributed by atoms with van der Waals surface area (Å²) >= 11 is 0. The summed E-state index contributed by atoms with van der Waals surface area (Å²) in [6.45, 7) is -0.942. The Morgan fingerprint density at radius 2 is 1.78 bits per heavy atom. The topological polar surface area (TPSA) is 212 Å². The molecule has 10 N–H and O–H groups in total. The molecule has 1 amide bonds. The number of rotatable bonds is 12. The summed E-state index contributed by atoms with van der Waals surface area (Å²) < 4.78 is 10.8. The van der Waals surface area contributed by atoms with Gasteiger partial charge >= 0.3 is 7.60 Å². The summed E-state index contributed by atoms with van der Waals surface area (Å²) in [5.74, 6) is -1.06. The van der Waals surface area contributed by atoms with E-state index in [1.807, 2.05) is 0 Å². The standard InChI is InChI=1S/C14H30N3O9P/c18-7-10(20)11(21)9(19)6-15-12-8(13(22)17-14(23)16-12)4-2-1-3-5-27(24,25)26/h8-12,14-16,18-21,23H,1-7H2,(H,17,22)(H2,24,25,26)/t8?,9-,10+,11-,12?,14?/m0/s1. The van der Waals surface area contributed by atoms with E-state index in [9.17, 15) is 29.8 Å². The fraction of sp³-hybridized carbons (Fsp3) is 0.929. The third-order valence-electron chi connectivity index (χ3n) is 4.34. The zero-order valence-electron chi connectivity index (χ0n) is 14.8. The highest BCUT2D eigenvalue weighted by Crippen LogP contribution is 2.35. The van der Waals surface area contributed by atoms with Gasteiger partial charge in [-0.1, -0.05) is 12.8 Å². The van der Waals surface area contributed by atoms with Gasteiger partial charge in [-0.2, -0.15) is 0 Å². The number of carbonyl (C=O) groups is 1. The average Bonchev–Trinajstić information content (AvgIpc) is 2.58. The van der Waals surface area contributed by atoms with Gasteiger partial charge in [0, 0.05) is 12.7 Å². The van der Waals surface area contributed by atoms with Crippen LogP contribution in [0, 0.1) is 5.92 Å². The molecular formula is C14H30N3O9P. The van der Waals surface area contributed by atoms with Crippen LogP contribution in [0.5, 0.6) is 0 Å². The molecule has 1 fully saturated rings. The first kappa shape index (κ1) is 24.4. The van der Waals surface area contributed by atoms with Gasteiger partial charge in [-0.3, -0.25) is 20.0 Å². The van der Waals surface area contributed by atoms with Crippen molar-refractivity contribution in [2.24, 2.45) is 5.92 Å². The number of amides is 1. The molecule has 12 nitrogen and oxygen atoms in total. The second-order valence-corrected chi connectivity index (χ2v) is 8.39. The summed E-state index contributed by atoms with van der Waals surface area (Å²) in [5.41, 5.74) is 0. The quantitative estimate of drug-likeness (QED) is 0.111. The Hall–Kier alpha value is -0.660. The molecule has 3 unspecified atom stereocenters. The molecule has 6 atom stereocenters. The van der Waals surface area contributed by atoms with Crippen LogP contribution in [0.15, 0.2) is 0 Å². The fourth-order valence-electron chi connectivity index (χ4n) is 2.81. The first-order valence-corrected chi connectivity index (χ1v) is 10.5. The van der Waals surface area contributed by atoms with Crippen LogP contribution in [0.3, 0.4) is 0 Å². The number of hydrogen-bond donors (Lipinski definition) is 10. The van der Waals surface area contributed by atoms with Gasteiger partial charge in [0.2, 0.25) is 5.91 Å². The van der Waals surface area contributed by atoms with Crippen LogP contribution < -0.4 is 16.0 Å². The molecule has 1 heterocycles. The van der Waals surface area contributed by atoms with Crippen LogP contribution in [0.2, 0.25) is 0 Å². The second kappa shape index (κ2) is 11.4. The molecule has 0 aromatic heterocycles. The van der Waals surface area contributed by atoms with Crippen molar-refractivity contribution in [3.8, 4) is 0 Å². The van der Waals surface area contributed by atoms with Gasteiger partial charge in [-0.15, -0.1) is 0 Å². The molecule has 0 aliphatic carbocycles. The van der Waals surface area contributed by atoms with Crippen LogP contribution in [-0.4, -0.2) is 91.4 Å². The Bertz CT molecular complexity index is 506. The van der Waals surface area contributed by atoms with Crippen molar-refractivity contribution >= 4 is 13.5 Å². The van der Waals surface area contributed by atoms with Gasteiger partial charge in [0.05, 0.1) is 24.8 Å². The third kappa shape index (κ3) is 8.92. The van der Waals surface area contributed by atoms with Gasteiger partial charge in [0.1, 0.15) is 12.2 Å². The number of carbonyl (C=O) groups excluding carboxylic acids is 1. The van der Waals surface area contributed by atoms with Crippen LogP contribution in [0.25, 0.3) is 0 Å². The summed E-state index contributed by atoms with van der Waals surface area (Å²) in [7, 11) is -4.04. The van der Waals surface area contributed by atoms with Crippen molar-refractivity contribution in [2.75, 3.05) is 19.3 Å². The van der Waals surface area contributed by atoms with Gasteiger partial charge in [-0.05, 0) is 12.8 Å². The van der Waals surface area contributed by atoms with Gasteiger partial charge < -0.3 is 40.6 Å². The third-order valence-corrected chi connectivity index (χ3v) is 5.24. The molecule has 1 saturated heterocycles. The molecule has 1 aliphatic heterocycles. The first-order chi connectivity index (χ1) is 12.5. The van der Waals surface area contributed by atoms with Crippen LogP contribution in [-0.2, 0) is 9.36 Å². The van der Waals surface area contributed by atoms with Crippen molar-refractivity contribution in [1.29, 1.82) is 0 Å². The summed E-state index contributed by atoms with van der Waals surface area (Å²) in [6, 6.07) is 0. The molecule has 0 saturated carbocycles. The van der Waals surface area contributed by atoms with E-state index >= 15 is 0 Å². The van der Waals surface area contributed by atoms with Crippen LogP contribution >= 0.6 is 7.60 Å². The number of unbranched alkanes of at least 4 members (excludes halogenated alkanes) is 2. The average molecular weight is 415 g/mol. The Morgan fingerprint density at radius 3 is 2.37 bits per heavy atom. The number of hydrogen-bond acceptors (Lipinski definition) is 9. The molecule has 0 radical (unpaired) electrons. The minimum atomic E-state index is -4.04. The highest BCUT2D eigenvalue weighted by Gasteiger charge is 2.35. The molecule has 1 rings (SSSR count). The zero-order chi connectivity index (χ0) is 20.6.